The Hall–Kier alpha value is -2.05. The third-order valence-electron chi connectivity index (χ3n) is 3.34. The molecule has 114 valence electrons. The van der Waals surface area contributed by atoms with E-state index < -0.39 is 24.4 Å². The number of anilines is 1. The van der Waals surface area contributed by atoms with Crippen LogP contribution in [0.1, 0.15) is 12.8 Å². The summed E-state index contributed by atoms with van der Waals surface area (Å²) in [6, 6.07) is 5.27. The van der Waals surface area contributed by atoms with Crippen LogP contribution in [0.4, 0.5) is 14.5 Å². The fourth-order valence-corrected chi connectivity index (χ4v) is 2.27. The number of carbonyl (C=O) groups excluding carboxylic acids is 1. The second-order valence-electron chi connectivity index (χ2n) is 5.03. The highest BCUT2D eigenvalue weighted by Gasteiger charge is 2.50. The van der Waals surface area contributed by atoms with E-state index in [9.17, 15) is 13.6 Å². The summed E-state index contributed by atoms with van der Waals surface area (Å²) in [6.07, 6.45) is -0.614. The minimum atomic E-state index is -3.38. The Labute approximate surface area is 120 Å². The van der Waals surface area contributed by atoms with Crippen LogP contribution in [-0.2, 0) is 9.53 Å². The number of esters is 1. The van der Waals surface area contributed by atoms with Gasteiger partial charge in [0.05, 0.1) is 26.2 Å². The number of carbonyl (C=O) groups is 1. The van der Waals surface area contributed by atoms with Gasteiger partial charge in [-0.05, 0) is 12.1 Å². The van der Waals surface area contributed by atoms with E-state index in [2.05, 4.69) is 10.1 Å². The molecule has 2 heterocycles. The fourth-order valence-electron chi connectivity index (χ4n) is 2.27. The second kappa shape index (κ2) is 5.38. The van der Waals surface area contributed by atoms with Crippen molar-refractivity contribution in [3.05, 3.63) is 18.2 Å². The van der Waals surface area contributed by atoms with Gasteiger partial charge in [-0.25, -0.2) is 4.79 Å². The van der Waals surface area contributed by atoms with Crippen molar-refractivity contribution in [1.82, 2.24) is 0 Å². The molecule has 0 radical (unpaired) electrons. The average molecular weight is 299 g/mol. The maximum absolute atomic E-state index is 13.0. The zero-order chi connectivity index (χ0) is 14.9. The first-order valence-corrected chi connectivity index (χ1v) is 6.77. The van der Waals surface area contributed by atoms with Crippen molar-refractivity contribution in [2.24, 2.45) is 0 Å². The Bertz CT molecular complexity index is 550. The van der Waals surface area contributed by atoms with Gasteiger partial charge in [-0.3, -0.25) is 0 Å². The average Bonchev–Trinajstić information content (AvgIpc) is 2.63. The minimum Gasteiger partial charge on any atom is -0.490 e. The summed E-state index contributed by atoms with van der Waals surface area (Å²) in [6.45, 7) is 1.30. The Balaban J connectivity index is 1.61. The quantitative estimate of drug-likeness (QED) is 0.867. The van der Waals surface area contributed by atoms with E-state index in [1.54, 1.807) is 18.2 Å². The Morgan fingerprint density at radius 1 is 1.24 bits per heavy atom. The summed E-state index contributed by atoms with van der Waals surface area (Å²) in [5, 5.41) is 2.97. The molecule has 0 saturated carbocycles. The summed E-state index contributed by atoms with van der Waals surface area (Å²) in [4.78, 5) is 10.9. The number of hydrogen-bond donors (Lipinski definition) is 1. The number of fused-ring (bicyclic) bond motifs is 1. The summed E-state index contributed by atoms with van der Waals surface area (Å²) >= 11 is 0. The zero-order valence-corrected chi connectivity index (χ0v) is 11.2. The third kappa shape index (κ3) is 3.01. The van der Waals surface area contributed by atoms with Crippen molar-refractivity contribution in [3.63, 3.8) is 0 Å². The molecule has 0 aliphatic carbocycles. The molecular formula is C14H15F2NO4. The highest BCUT2D eigenvalue weighted by molar-refractivity contribution is 5.79. The molecule has 5 nitrogen and oxygen atoms in total. The van der Waals surface area contributed by atoms with Crippen molar-refractivity contribution in [2.45, 2.75) is 24.9 Å². The summed E-state index contributed by atoms with van der Waals surface area (Å²) < 4.78 is 41.8. The molecule has 0 bridgehead atoms. The van der Waals surface area contributed by atoms with Crippen LogP contribution in [0, 0.1) is 0 Å². The van der Waals surface area contributed by atoms with Gasteiger partial charge in [-0.1, -0.05) is 0 Å². The van der Waals surface area contributed by atoms with Crippen LogP contribution in [-0.4, -0.2) is 37.8 Å². The molecule has 1 unspecified atom stereocenters. The number of benzene rings is 1. The number of hydrogen-bond acceptors (Lipinski definition) is 5. The lowest BCUT2D eigenvalue weighted by molar-refractivity contribution is -0.158. The Morgan fingerprint density at radius 3 is 2.71 bits per heavy atom. The van der Waals surface area contributed by atoms with Crippen molar-refractivity contribution in [3.8, 4) is 11.5 Å². The van der Waals surface area contributed by atoms with Crippen molar-refractivity contribution < 1.29 is 27.8 Å². The summed E-state index contributed by atoms with van der Waals surface area (Å²) in [7, 11) is 0. The molecule has 1 aromatic carbocycles. The number of nitrogens with one attached hydrogen (secondary N) is 1. The molecule has 1 saturated heterocycles. The van der Waals surface area contributed by atoms with Crippen LogP contribution in [0.25, 0.3) is 0 Å². The molecule has 0 amide bonds. The topological polar surface area (TPSA) is 56.8 Å². The molecule has 2 aliphatic heterocycles. The molecule has 21 heavy (non-hydrogen) atoms. The van der Waals surface area contributed by atoms with Gasteiger partial charge in [-0.15, -0.1) is 0 Å². The maximum Gasteiger partial charge on any atom is 0.377 e. The first-order chi connectivity index (χ1) is 10.0. The fraction of sp³-hybridized carbons (Fsp3) is 0.500. The number of halogens is 2. The molecule has 3 rings (SSSR count). The first kappa shape index (κ1) is 13.9. The van der Waals surface area contributed by atoms with E-state index in [4.69, 9.17) is 9.47 Å². The first-order valence-electron chi connectivity index (χ1n) is 6.77. The molecule has 1 N–H and O–H groups in total. The van der Waals surface area contributed by atoms with E-state index in [-0.39, 0.29) is 6.54 Å². The lowest BCUT2D eigenvalue weighted by Gasteiger charge is -2.13. The monoisotopic (exact) mass is 299 g/mol. The van der Waals surface area contributed by atoms with E-state index in [1.807, 2.05) is 0 Å². The zero-order valence-electron chi connectivity index (χ0n) is 11.2. The third-order valence-corrected chi connectivity index (χ3v) is 3.34. The van der Waals surface area contributed by atoms with E-state index in [1.165, 1.54) is 0 Å². The molecule has 2 aliphatic rings. The summed E-state index contributed by atoms with van der Waals surface area (Å²) in [5.41, 5.74) is 0.700. The predicted octanol–water partition coefficient (Wildman–Crippen LogP) is 2.21. The van der Waals surface area contributed by atoms with Crippen molar-refractivity contribution in [2.75, 3.05) is 25.1 Å². The van der Waals surface area contributed by atoms with Crippen LogP contribution in [0.5, 0.6) is 11.5 Å². The van der Waals surface area contributed by atoms with Gasteiger partial charge >= 0.3 is 11.9 Å². The number of rotatable bonds is 3. The summed E-state index contributed by atoms with van der Waals surface area (Å²) in [5.74, 6) is -3.55. The van der Waals surface area contributed by atoms with Crippen LogP contribution in [0.2, 0.25) is 0 Å². The normalized spacial score (nSPS) is 23.3. The van der Waals surface area contributed by atoms with Crippen molar-refractivity contribution >= 4 is 11.7 Å². The van der Waals surface area contributed by atoms with Crippen LogP contribution in [0.15, 0.2) is 18.2 Å². The smallest absolute Gasteiger partial charge is 0.377 e. The molecule has 1 atom stereocenters. The van der Waals surface area contributed by atoms with Crippen molar-refractivity contribution in [1.29, 1.82) is 0 Å². The second-order valence-corrected chi connectivity index (χ2v) is 5.03. The SMILES string of the molecule is O=C1OC(CNc2ccc3c(c2)OCCCO3)CC1(F)F. The molecule has 0 aromatic heterocycles. The Morgan fingerprint density at radius 2 is 2.00 bits per heavy atom. The van der Waals surface area contributed by atoms with E-state index in [0.717, 1.165) is 6.42 Å². The minimum absolute atomic E-state index is 0.126. The van der Waals surface area contributed by atoms with Gasteiger partial charge in [0.1, 0.15) is 6.10 Å². The lowest BCUT2D eigenvalue weighted by atomic mass is 10.2. The molecule has 7 heteroatoms. The van der Waals surface area contributed by atoms with Gasteiger partial charge in [0.15, 0.2) is 11.5 Å². The van der Waals surface area contributed by atoms with Gasteiger partial charge in [0.25, 0.3) is 0 Å². The maximum atomic E-state index is 13.0. The highest BCUT2D eigenvalue weighted by Crippen LogP contribution is 2.33. The van der Waals surface area contributed by atoms with Gasteiger partial charge < -0.3 is 19.5 Å². The van der Waals surface area contributed by atoms with Crippen LogP contribution in [0.3, 0.4) is 0 Å². The van der Waals surface area contributed by atoms with Gasteiger partial charge in [0, 0.05) is 18.2 Å². The van der Waals surface area contributed by atoms with Gasteiger partial charge in [0.2, 0.25) is 0 Å². The van der Waals surface area contributed by atoms with Crippen LogP contribution < -0.4 is 14.8 Å². The largest absolute Gasteiger partial charge is 0.490 e. The number of ether oxygens (including phenoxy) is 3. The lowest BCUT2D eigenvalue weighted by Crippen LogP contribution is -2.22. The molecule has 0 spiro atoms. The van der Waals surface area contributed by atoms with E-state index in [0.29, 0.717) is 30.4 Å². The van der Waals surface area contributed by atoms with Gasteiger partial charge in [-0.2, -0.15) is 8.78 Å². The standard InChI is InChI=1S/C14H15F2NO4/c15-14(16)7-10(21-13(14)18)8-17-9-2-3-11-12(6-9)20-5-1-4-19-11/h2-3,6,10,17H,1,4-5,7-8H2. The molecule has 1 aromatic rings. The van der Waals surface area contributed by atoms with E-state index >= 15 is 0 Å². The van der Waals surface area contributed by atoms with Crippen LogP contribution >= 0.6 is 0 Å². The number of alkyl halides is 2. The Kier molecular flexibility index (Phi) is 3.57. The molecule has 1 fully saturated rings. The molecular weight excluding hydrogens is 284 g/mol. The predicted molar refractivity (Wildman–Crippen MR) is 70.0 cm³/mol. The highest BCUT2D eigenvalue weighted by atomic mass is 19.3. The number of cyclic esters (lactones) is 1.